The Balaban J connectivity index is 1.16. The average Bonchev–Trinajstić information content (AvgIpc) is 3.41. The maximum absolute atomic E-state index is 14.0. The van der Waals surface area contributed by atoms with Crippen LogP contribution in [0.25, 0.3) is 0 Å². The van der Waals surface area contributed by atoms with Gasteiger partial charge in [0.2, 0.25) is 5.88 Å². The monoisotopic (exact) mass is 641 g/mol. The van der Waals surface area contributed by atoms with Gasteiger partial charge in [-0.15, -0.1) is 0 Å². The van der Waals surface area contributed by atoms with Crippen molar-refractivity contribution < 1.29 is 19.1 Å². The van der Waals surface area contributed by atoms with Gasteiger partial charge in [-0.05, 0) is 89.1 Å². The van der Waals surface area contributed by atoms with Crippen molar-refractivity contribution in [1.82, 2.24) is 25.0 Å². The van der Waals surface area contributed by atoms with Gasteiger partial charge in [0.05, 0.1) is 6.04 Å². The van der Waals surface area contributed by atoms with Crippen molar-refractivity contribution in [3.05, 3.63) is 90.2 Å². The second kappa shape index (κ2) is 16.7. The summed E-state index contributed by atoms with van der Waals surface area (Å²) in [5.74, 6) is 1.04. The Kier molecular flexibility index (Phi) is 12.3. The smallest absolute Gasteiger partial charge is 0.320 e. The number of rotatable bonds is 13. The SMILES string of the molecule is C=C/C(=C\C/C=C\C)CC1CN(C2CCOCC2)C(=O)N1C1CCN(Cc2ccc(Oc3ccc(C(=O)NC(C)C)cc3)nc2)CC1. The molecule has 3 fully saturated rings. The van der Waals surface area contributed by atoms with Crippen LogP contribution in [0.5, 0.6) is 11.6 Å². The fraction of sp³-hybridized carbons (Fsp3) is 0.500. The van der Waals surface area contributed by atoms with E-state index in [2.05, 4.69) is 55.9 Å². The van der Waals surface area contributed by atoms with Gasteiger partial charge in [-0.25, -0.2) is 9.78 Å². The van der Waals surface area contributed by atoms with Crippen molar-refractivity contribution in [1.29, 1.82) is 0 Å². The Bertz CT molecular complexity index is 1390. The highest BCUT2D eigenvalue weighted by molar-refractivity contribution is 5.94. The predicted molar refractivity (Wildman–Crippen MR) is 186 cm³/mol. The predicted octanol–water partition coefficient (Wildman–Crippen LogP) is 6.73. The average molecular weight is 642 g/mol. The van der Waals surface area contributed by atoms with Gasteiger partial charge in [0.1, 0.15) is 5.75 Å². The second-order valence-electron chi connectivity index (χ2n) is 13.1. The van der Waals surface area contributed by atoms with E-state index in [-0.39, 0.29) is 36.1 Å². The highest BCUT2D eigenvalue weighted by Crippen LogP contribution is 2.32. The number of hydrogen-bond donors (Lipinski definition) is 1. The molecule has 1 unspecified atom stereocenters. The summed E-state index contributed by atoms with van der Waals surface area (Å²) in [7, 11) is 0. The number of carbonyl (C=O) groups excluding carboxylic acids is 2. The zero-order valence-electron chi connectivity index (χ0n) is 28.3. The van der Waals surface area contributed by atoms with Crippen molar-refractivity contribution in [3.8, 4) is 11.6 Å². The zero-order chi connectivity index (χ0) is 33.2. The van der Waals surface area contributed by atoms with Crippen LogP contribution in [-0.2, 0) is 11.3 Å². The Morgan fingerprint density at radius 1 is 1.09 bits per heavy atom. The molecular weight excluding hydrogens is 590 g/mol. The topological polar surface area (TPSA) is 87.2 Å². The molecule has 1 N–H and O–H groups in total. The number of aromatic nitrogens is 1. The molecule has 3 amide bonds. The van der Waals surface area contributed by atoms with E-state index < -0.39 is 0 Å². The lowest BCUT2D eigenvalue weighted by Gasteiger charge is -2.39. The normalized spacial score (nSPS) is 20.4. The Morgan fingerprint density at radius 3 is 2.47 bits per heavy atom. The molecule has 252 valence electrons. The number of allylic oxidation sites excluding steroid dienone is 4. The quantitative estimate of drug-likeness (QED) is 0.193. The fourth-order valence-electron chi connectivity index (χ4n) is 6.81. The summed E-state index contributed by atoms with van der Waals surface area (Å²) >= 11 is 0. The van der Waals surface area contributed by atoms with Crippen molar-refractivity contribution >= 4 is 11.9 Å². The number of nitrogens with zero attached hydrogens (tertiary/aromatic N) is 4. The molecule has 0 bridgehead atoms. The lowest BCUT2D eigenvalue weighted by molar-refractivity contribution is 0.0493. The van der Waals surface area contributed by atoms with E-state index in [0.29, 0.717) is 17.2 Å². The van der Waals surface area contributed by atoms with E-state index in [4.69, 9.17) is 9.47 Å². The molecule has 9 nitrogen and oxygen atoms in total. The Morgan fingerprint density at radius 2 is 1.83 bits per heavy atom. The highest BCUT2D eigenvalue weighted by atomic mass is 16.5. The number of likely N-dealkylation sites (tertiary alicyclic amines) is 1. The summed E-state index contributed by atoms with van der Waals surface area (Å²) < 4.78 is 11.5. The van der Waals surface area contributed by atoms with E-state index in [1.54, 1.807) is 24.3 Å². The summed E-state index contributed by atoms with van der Waals surface area (Å²) in [6.45, 7) is 14.9. The minimum absolute atomic E-state index is 0.0824. The van der Waals surface area contributed by atoms with E-state index in [9.17, 15) is 9.59 Å². The molecule has 5 rings (SSSR count). The van der Waals surface area contributed by atoms with Crippen LogP contribution in [0.4, 0.5) is 4.79 Å². The van der Waals surface area contributed by atoms with E-state index in [1.807, 2.05) is 39.1 Å². The number of carbonyl (C=O) groups is 2. The largest absolute Gasteiger partial charge is 0.439 e. The molecule has 4 heterocycles. The van der Waals surface area contributed by atoms with Crippen molar-refractivity contribution in [2.24, 2.45) is 0 Å². The Hall–Kier alpha value is -3.95. The molecule has 9 heteroatoms. The molecule has 3 aliphatic rings. The third kappa shape index (κ3) is 9.32. The number of piperidine rings is 1. The summed E-state index contributed by atoms with van der Waals surface area (Å²) in [5.41, 5.74) is 2.93. The lowest BCUT2D eigenvalue weighted by Crippen LogP contribution is -2.50. The molecule has 0 radical (unpaired) electrons. The third-order valence-corrected chi connectivity index (χ3v) is 9.30. The van der Waals surface area contributed by atoms with E-state index in [0.717, 1.165) is 83.5 Å². The van der Waals surface area contributed by atoms with Crippen LogP contribution < -0.4 is 10.1 Å². The number of pyridine rings is 1. The molecule has 0 aliphatic carbocycles. The van der Waals surface area contributed by atoms with E-state index >= 15 is 0 Å². The van der Waals surface area contributed by atoms with Gasteiger partial charge < -0.3 is 24.6 Å². The lowest BCUT2D eigenvalue weighted by atomic mass is 9.98. The molecule has 1 aromatic heterocycles. The van der Waals surface area contributed by atoms with E-state index in [1.165, 1.54) is 5.57 Å². The van der Waals surface area contributed by atoms with Crippen molar-refractivity contribution in [2.45, 2.75) is 90.0 Å². The van der Waals surface area contributed by atoms with Crippen molar-refractivity contribution in [3.63, 3.8) is 0 Å². The summed E-state index contributed by atoms with van der Waals surface area (Å²) in [5, 5.41) is 2.89. The molecule has 0 spiro atoms. The van der Waals surface area contributed by atoms with Gasteiger partial charge in [-0.3, -0.25) is 9.69 Å². The van der Waals surface area contributed by atoms with Gasteiger partial charge in [0, 0.05) is 75.3 Å². The molecule has 3 aliphatic heterocycles. The number of ether oxygens (including phenoxy) is 2. The van der Waals surface area contributed by atoms with Crippen LogP contribution in [0.2, 0.25) is 0 Å². The fourth-order valence-corrected chi connectivity index (χ4v) is 6.81. The first-order chi connectivity index (χ1) is 22.8. The van der Waals surface area contributed by atoms with Crippen LogP contribution >= 0.6 is 0 Å². The highest BCUT2D eigenvalue weighted by Gasteiger charge is 2.44. The number of urea groups is 1. The third-order valence-electron chi connectivity index (χ3n) is 9.30. The van der Waals surface area contributed by atoms with Gasteiger partial charge in [0.15, 0.2) is 0 Å². The first-order valence-electron chi connectivity index (χ1n) is 17.2. The van der Waals surface area contributed by atoms with Crippen LogP contribution in [0, 0.1) is 0 Å². The maximum atomic E-state index is 14.0. The van der Waals surface area contributed by atoms with Crippen molar-refractivity contribution in [2.75, 3.05) is 32.8 Å². The molecular formula is C38H51N5O4. The van der Waals surface area contributed by atoms with Gasteiger partial charge in [0.25, 0.3) is 5.91 Å². The minimum Gasteiger partial charge on any atom is -0.439 e. The van der Waals surface area contributed by atoms with Gasteiger partial charge >= 0.3 is 6.03 Å². The molecule has 0 saturated carbocycles. The Labute approximate surface area is 280 Å². The summed E-state index contributed by atoms with van der Waals surface area (Å²) in [6.07, 6.45) is 15.7. The summed E-state index contributed by atoms with van der Waals surface area (Å²) in [4.78, 5) is 37.5. The van der Waals surface area contributed by atoms with Crippen LogP contribution in [0.3, 0.4) is 0 Å². The van der Waals surface area contributed by atoms with Crippen LogP contribution in [0.1, 0.15) is 75.2 Å². The number of amides is 3. The standard InChI is InChI=1S/C38H51N5O4/c1-5-7-8-9-29(6-2)24-34-27-42(32-18-22-46-23-19-32)38(45)43(34)33-16-20-41(21-17-33)26-30-10-15-36(39-25-30)47-35-13-11-31(12-14-35)37(44)40-28(3)4/h5-7,9-15,25,28,32-34H,2,8,16-24,26-27H2,1,3-4H3,(H,40,44)/b7-5-,29-9+. The first kappa shape index (κ1) is 34.4. The molecule has 1 aromatic carbocycles. The first-order valence-corrected chi connectivity index (χ1v) is 17.2. The van der Waals surface area contributed by atoms with Crippen LogP contribution in [-0.4, -0.2) is 88.6 Å². The zero-order valence-corrected chi connectivity index (χ0v) is 28.3. The molecule has 47 heavy (non-hydrogen) atoms. The minimum atomic E-state index is -0.100. The van der Waals surface area contributed by atoms with Gasteiger partial charge in [-0.1, -0.05) is 42.5 Å². The summed E-state index contributed by atoms with van der Waals surface area (Å²) in [6, 6.07) is 12.0. The van der Waals surface area contributed by atoms with Gasteiger partial charge in [-0.2, -0.15) is 0 Å². The molecule has 1 atom stereocenters. The second-order valence-corrected chi connectivity index (χ2v) is 13.1. The number of hydrogen-bond acceptors (Lipinski definition) is 6. The maximum Gasteiger partial charge on any atom is 0.320 e. The number of nitrogens with one attached hydrogen (secondary N) is 1. The molecule has 2 aromatic rings. The number of benzene rings is 1. The molecule has 3 saturated heterocycles. The van der Waals surface area contributed by atoms with Crippen LogP contribution in [0.15, 0.2) is 79.1 Å².